The molecule has 0 unspecified atom stereocenters. The summed E-state index contributed by atoms with van der Waals surface area (Å²) in [6, 6.07) is 10.5. The van der Waals surface area contributed by atoms with Crippen molar-refractivity contribution in [3.63, 3.8) is 0 Å². The van der Waals surface area contributed by atoms with Gasteiger partial charge in [-0.1, -0.05) is 30.3 Å². The molecule has 3 aromatic rings. The van der Waals surface area contributed by atoms with Crippen molar-refractivity contribution in [1.29, 1.82) is 0 Å². The fourth-order valence-electron chi connectivity index (χ4n) is 3.88. The second kappa shape index (κ2) is 8.98. The monoisotopic (exact) mass is 425 g/mol. The van der Waals surface area contributed by atoms with Gasteiger partial charge in [-0.15, -0.1) is 11.3 Å². The van der Waals surface area contributed by atoms with Gasteiger partial charge < -0.3 is 15.0 Å². The Bertz CT molecular complexity index is 980. The van der Waals surface area contributed by atoms with E-state index in [0.29, 0.717) is 0 Å². The first-order chi connectivity index (χ1) is 14.4. The van der Waals surface area contributed by atoms with E-state index >= 15 is 0 Å². The van der Waals surface area contributed by atoms with Crippen LogP contribution in [0.2, 0.25) is 0 Å². The van der Waals surface area contributed by atoms with E-state index in [1.165, 1.54) is 11.1 Å². The largest absolute Gasteiger partial charge is 0.379 e. The van der Waals surface area contributed by atoms with E-state index in [9.17, 15) is 0 Å². The molecule has 4 rings (SSSR count). The molecule has 1 aliphatic rings. The van der Waals surface area contributed by atoms with Gasteiger partial charge in [-0.2, -0.15) is 0 Å². The molecule has 160 valence electrons. The Kier molecular flexibility index (Phi) is 6.34. The molecule has 7 heteroatoms. The molecular formula is C23H31N5OS. The number of nitrogens with one attached hydrogen (secondary N) is 1. The number of benzene rings is 1. The summed E-state index contributed by atoms with van der Waals surface area (Å²) < 4.78 is 5.54. The molecule has 30 heavy (non-hydrogen) atoms. The van der Waals surface area contributed by atoms with Crippen molar-refractivity contribution in [2.24, 2.45) is 0 Å². The van der Waals surface area contributed by atoms with Crippen LogP contribution in [0.1, 0.15) is 19.7 Å². The van der Waals surface area contributed by atoms with E-state index in [1.54, 1.807) is 11.3 Å². The van der Waals surface area contributed by atoms with Gasteiger partial charge in [-0.25, -0.2) is 9.97 Å². The van der Waals surface area contributed by atoms with E-state index in [0.717, 1.165) is 61.3 Å². The van der Waals surface area contributed by atoms with Crippen molar-refractivity contribution in [2.75, 3.05) is 52.3 Å². The molecule has 0 amide bonds. The van der Waals surface area contributed by atoms with Crippen LogP contribution >= 0.6 is 11.3 Å². The van der Waals surface area contributed by atoms with Crippen LogP contribution in [-0.2, 0) is 11.3 Å². The first-order valence-corrected chi connectivity index (χ1v) is 11.4. The number of fused-ring (bicyclic) bond motifs is 1. The van der Waals surface area contributed by atoms with Crippen LogP contribution in [0.4, 0.5) is 5.82 Å². The van der Waals surface area contributed by atoms with Gasteiger partial charge in [0.2, 0.25) is 0 Å². The van der Waals surface area contributed by atoms with Crippen molar-refractivity contribution in [2.45, 2.75) is 25.9 Å². The van der Waals surface area contributed by atoms with E-state index in [1.807, 2.05) is 20.2 Å². The van der Waals surface area contributed by atoms with Gasteiger partial charge >= 0.3 is 0 Å². The summed E-state index contributed by atoms with van der Waals surface area (Å²) in [6.45, 7) is 9.64. The van der Waals surface area contributed by atoms with Gasteiger partial charge in [0.15, 0.2) is 0 Å². The summed E-state index contributed by atoms with van der Waals surface area (Å²) >= 11 is 1.69. The molecule has 0 atom stereocenters. The maximum Gasteiger partial charge on any atom is 0.146 e. The molecule has 3 heterocycles. The van der Waals surface area contributed by atoms with Crippen molar-refractivity contribution < 1.29 is 4.74 Å². The molecule has 6 nitrogen and oxygen atoms in total. The lowest BCUT2D eigenvalue weighted by molar-refractivity contribution is -0.00569. The standard InChI is InChI=1S/C23H31N5OS/c1-23(2,28-10-12-29-13-11-28)16-24-21-20-18(17-8-6-5-7-9-17)15-30-22(20)26-19(25-21)14-27(3)4/h5-9,15H,10-14,16H2,1-4H3,(H,24,25,26). The van der Waals surface area contributed by atoms with Gasteiger partial charge in [-0.05, 0) is 33.5 Å². The smallest absolute Gasteiger partial charge is 0.146 e. The van der Waals surface area contributed by atoms with Crippen LogP contribution in [-0.4, -0.2) is 72.3 Å². The molecule has 0 aliphatic carbocycles. The van der Waals surface area contributed by atoms with Crippen molar-refractivity contribution >= 4 is 27.4 Å². The molecular weight excluding hydrogens is 394 g/mol. The number of nitrogens with zero attached hydrogens (tertiary/aromatic N) is 4. The molecule has 1 fully saturated rings. The molecule has 2 aromatic heterocycles. The molecule has 0 bridgehead atoms. The fraction of sp³-hybridized carbons (Fsp3) is 0.478. The maximum atomic E-state index is 5.54. The Hall–Kier alpha value is -2.06. The zero-order chi connectivity index (χ0) is 21.1. The second-order valence-electron chi connectivity index (χ2n) is 8.69. The van der Waals surface area contributed by atoms with Gasteiger partial charge in [0.1, 0.15) is 16.5 Å². The number of anilines is 1. The summed E-state index contributed by atoms with van der Waals surface area (Å²) in [5.41, 5.74) is 2.40. The minimum atomic E-state index is 0.00565. The van der Waals surface area contributed by atoms with Crippen molar-refractivity contribution in [3.8, 4) is 11.1 Å². The number of hydrogen-bond acceptors (Lipinski definition) is 7. The average molecular weight is 426 g/mol. The second-order valence-corrected chi connectivity index (χ2v) is 9.55. The summed E-state index contributed by atoms with van der Waals surface area (Å²) in [4.78, 5) is 15.4. The number of morpholine rings is 1. The lowest BCUT2D eigenvalue weighted by Gasteiger charge is -2.41. The molecule has 1 aromatic carbocycles. The lowest BCUT2D eigenvalue weighted by Crippen LogP contribution is -2.53. The molecule has 1 N–H and O–H groups in total. The number of hydrogen-bond donors (Lipinski definition) is 1. The first kappa shape index (κ1) is 21.2. The molecule has 1 aliphatic heterocycles. The average Bonchev–Trinajstić information content (AvgIpc) is 3.17. The quantitative estimate of drug-likeness (QED) is 0.619. The number of thiophene rings is 1. The summed E-state index contributed by atoms with van der Waals surface area (Å²) in [5.74, 6) is 1.78. The molecule has 0 radical (unpaired) electrons. The third-order valence-corrected chi connectivity index (χ3v) is 6.45. The Labute approximate surface area is 182 Å². The van der Waals surface area contributed by atoms with Crippen LogP contribution in [0.25, 0.3) is 21.3 Å². The SMILES string of the molecule is CN(C)Cc1nc(NCC(C)(C)N2CCOCC2)c2c(-c3ccccc3)csc2n1. The summed E-state index contributed by atoms with van der Waals surface area (Å²) in [6.07, 6.45) is 0. The highest BCUT2D eigenvalue weighted by molar-refractivity contribution is 7.17. The van der Waals surface area contributed by atoms with E-state index in [2.05, 4.69) is 58.6 Å². The summed E-state index contributed by atoms with van der Waals surface area (Å²) in [7, 11) is 4.10. The van der Waals surface area contributed by atoms with Crippen LogP contribution < -0.4 is 5.32 Å². The minimum Gasteiger partial charge on any atom is -0.379 e. The zero-order valence-electron chi connectivity index (χ0n) is 18.3. The Balaban J connectivity index is 1.69. The van der Waals surface area contributed by atoms with Gasteiger partial charge in [0.25, 0.3) is 0 Å². The molecule has 0 spiro atoms. The first-order valence-electron chi connectivity index (χ1n) is 10.5. The number of aromatic nitrogens is 2. The normalized spacial score (nSPS) is 15.8. The highest BCUT2D eigenvalue weighted by atomic mass is 32.1. The predicted molar refractivity (Wildman–Crippen MR) is 125 cm³/mol. The predicted octanol–water partition coefficient (Wildman–Crippen LogP) is 3.94. The highest BCUT2D eigenvalue weighted by Crippen LogP contribution is 2.37. The van der Waals surface area contributed by atoms with Crippen molar-refractivity contribution in [1.82, 2.24) is 19.8 Å². The molecule has 1 saturated heterocycles. The third-order valence-electron chi connectivity index (χ3n) is 5.58. The topological polar surface area (TPSA) is 53.5 Å². The molecule has 0 saturated carbocycles. The third kappa shape index (κ3) is 4.64. The summed E-state index contributed by atoms with van der Waals surface area (Å²) in [5, 5.41) is 7.01. The highest BCUT2D eigenvalue weighted by Gasteiger charge is 2.28. The Morgan fingerprint density at radius 2 is 1.87 bits per heavy atom. The van der Waals surface area contributed by atoms with E-state index in [4.69, 9.17) is 14.7 Å². The Morgan fingerprint density at radius 1 is 1.13 bits per heavy atom. The number of rotatable bonds is 7. The van der Waals surface area contributed by atoms with Crippen LogP contribution in [0.15, 0.2) is 35.7 Å². The van der Waals surface area contributed by atoms with Gasteiger partial charge in [0.05, 0.1) is 25.1 Å². The van der Waals surface area contributed by atoms with Crippen molar-refractivity contribution in [3.05, 3.63) is 41.5 Å². The maximum absolute atomic E-state index is 5.54. The zero-order valence-corrected chi connectivity index (χ0v) is 19.1. The lowest BCUT2D eigenvalue weighted by atomic mass is 10.0. The van der Waals surface area contributed by atoms with Gasteiger partial charge in [0, 0.05) is 36.1 Å². The van der Waals surface area contributed by atoms with Gasteiger partial charge in [-0.3, -0.25) is 4.90 Å². The fourth-order valence-corrected chi connectivity index (χ4v) is 4.84. The van der Waals surface area contributed by atoms with Crippen LogP contribution in [0.5, 0.6) is 0 Å². The van der Waals surface area contributed by atoms with E-state index in [-0.39, 0.29) is 5.54 Å². The number of ether oxygens (including phenoxy) is 1. The Morgan fingerprint density at radius 3 is 2.57 bits per heavy atom. The van der Waals surface area contributed by atoms with Crippen LogP contribution in [0, 0.1) is 0 Å². The van der Waals surface area contributed by atoms with Crippen LogP contribution in [0.3, 0.4) is 0 Å². The minimum absolute atomic E-state index is 0.00565. The van der Waals surface area contributed by atoms with E-state index < -0.39 is 0 Å².